The summed E-state index contributed by atoms with van der Waals surface area (Å²) in [6.07, 6.45) is 3.30. The molecule has 0 atom stereocenters. The fourth-order valence-electron chi connectivity index (χ4n) is 1.88. The molecule has 0 aliphatic heterocycles. The van der Waals surface area contributed by atoms with Crippen molar-refractivity contribution in [3.63, 3.8) is 0 Å². The van der Waals surface area contributed by atoms with Crippen LogP contribution in [-0.2, 0) is 4.74 Å². The van der Waals surface area contributed by atoms with Gasteiger partial charge >= 0.3 is 12.0 Å². The number of hydrogen-bond donors (Lipinski definition) is 2. The lowest BCUT2D eigenvalue weighted by atomic mass is 10.4. The topological polar surface area (TPSA) is 97.6 Å². The zero-order chi connectivity index (χ0) is 15.5. The standard InChI is InChI=1S/C13H11N5O3S/c1-21-12(19)10-8(4-6-22-10)15-13(20)16-9-3-2-5-18-7-14-17-11(9)18/h2-7H,1H3,(H2,15,16,20). The van der Waals surface area contributed by atoms with Gasteiger partial charge in [0.05, 0.1) is 18.5 Å². The highest BCUT2D eigenvalue weighted by Gasteiger charge is 2.16. The molecule has 0 aromatic carbocycles. The molecule has 2 amide bonds. The number of amides is 2. The molecule has 9 heteroatoms. The number of thiophene rings is 1. The second-order valence-corrected chi connectivity index (χ2v) is 5.13. The van der Waals surface area contributed by atoms with Gasteiger partial charge in [0.25, 0.3) is 0 Å². The maximum atomic E-state index is 12.1. The maximum Gasteiger partial charge on any atom is 0.350 e. The summed E-state index contributed by atoms with van der Waals surface area (Å²) in [5.74, 6) is -0.496. The Balaban J connectivity index is 1.77. The smallest absolute Gasteiger partial charge is 0.350 e. The van der Waals surface area contributed by atoms with Crippen molar-refractivity contribution in [1.29, 1.82) is 0 Å². The van der Waals surface area contributed by atoms with Crippen LogP contribution in [0.25, 0.3) is 5.65 Å². The maximum absolute atomic E-state index is 12.1. The molecule has 0 fully saturated rings. The van der Waals surface area contributed by atoms with Crippen molar-refractivity contribution >= 4 is 40.4 Å². The first-order valence-electron chi connectivity index (χ1n) is 6.21. The molecule has 0 unspecified atom stereocenters. The lowest BCUT2D eigenvalue weighted by Crippen LogP contribution is -2.20. The molecule has 0 saturated carbocycles. The van der Waals surface area contributed by atoms with Crippen molar-refractivity contribution in [3.8, 4) is 0 Å². The van der Waals surface area contributed by atoms with E-state index < -0.39 is 12.0 Å². The predicted octanol–water partition coefficient (Wildman–Crippen LogP) is 2.22. The Morgan fingerprint density at radius 3 is 2.91 bits per heavy atom. The second-order valence-electron chi connectivity index (χ2n) is 4.22. The average molecular weight is 317 g/mol. The number of ether oxygens (including phenoxy) is 1. The highest BCUT2D eigenvalue weighted by molar-refractivity contribution is 7.12. The number of rotatable bonds is 3. The number of esters is 1. The Morgan fingerprint density at radius 2 is 2.09 bits per heavy atom. The van der Waals surface area contributed by atoms with E-state index in [1.807, 2.05) is 0 Å². The third kappa shape index (κ3) is 2.61. The van der Waals surface area contributed by atoms with Crippen molar-refractivity contribution in [2.45, 2.75) is 0 Å². The number of urea groups is 1. The molecule has 2 N–H and O–H groups in total. The molecule has 0 saturated heterocycles. The molecule has 0 aliphatic carbocycles. The summed E-state index contributed by atoms with van der Waals surface area (Å²) in [6.45, 7) is 0. The van der Waals surface area contributed by atoms with E-state index in [0.29, 0.717) is 21.9 Å². The van der Waals surface area contributed by atoms with Gasteiger partial charge < -0.3 is 15.4 Å². The van der Waals surface area contributed by atoms with Crippen molar-refractivity contribution in [2.75, 3.05) is 17.7 Å². The van der Waals surface area contributed by atoms with Gasteiger partial charge in [-0.1, -0.05) is 0 Å². The Morgan fingerprint density at radius 1 is 1.27 bits per heavy atom. The minimum absolute atomic E-state index is 0.332. The fourth-order valence-corrected chi connectivity index (χ4v) is 2.65. The number of carbonyl (C=O) groups is 2. The van der Waals surface area contributed by atoms with E-state index in [1.54, 1.807) is 34.2 Å². The predicted molar refractivity (Wildman–Crippen MR) is 81.3 cm³/mol. The highest BCUT2D eigenvalue weighted by atomic mass is 32.1. The van der Waals surface area contributed by atoms with Gasteiger partial charge in [-0.15, -0.1) is 21.5 Å². The average Bonchev–Trinajstić information content (AvgIpc) is 3.15. The first-order valence-corrected chi connectivity index (χ1v) is 7.09. The number of carbonyl (C=O) groups excluding carboxylic acids is 2. The second kappa shape index (κ2) is 5.82. The Hall–Kier alpha value is -2.94. The van der Waals surface area contributed by atoms with E-state index in [0.717, 1.165) is 0 Å². The van der Waals surface area contributed by atoms with Crippen molar-refractivity contribution in [3.05, 3.63) is 41.0 Å². The van der Waals surface area contributed by atoms with Crippen LogP contribution in [0.3, 0.4) is 0 Å². The molecule has 0 bridgehead atoms. The molecular weight excluding hydrogens is 306 g/mol. The van der Waals surface area contributed by atoms with Crippen LogP contribution in [0.5, 0.6) is 0 Å². The number of nitrogens with zero attached hydrogens (tertiary/aromatic N) is 3. The van der Waals surface area contributed by atoms with Gasteiger partial charge in [-0.3, -0.25) is 4.40 Å². The van der Waals surface area contributed by atoms with Crippen LogP contribution in [0.15, 0.2) is 36.1 Å². The quantitative estimate of drug-likeness (QED) is 0.722. The molecule has 112 valence electrons. The molecule has 3 rings (SSSR count). The normalized spacial score (nSPS) is 10.4. The van der Waals surface area contributed by atoms with Crippen molar-refractivity contribution in [2.24, 2.45) is 0 Å². The van der Waals surface area contributed by atoms with Gasteiger partial charge in [0.1, 0.15) is 11.2 Å². The third-order valence-electron chi connectivity index (χ3n) is 2.86. The Kier molecular flexibility index (Phi) is 3.71. The van der Waals surface area contributed by atoms with Gasteiger partial charge in [0, 0.05) is 6.20 Å². The summed E-state index contributed by atoms with van der Waals surface area (Å²) >= 11 is 1.19. The molecule has 3 aromatic rings. The summed E-state index contributed by atoms with van der Waals surface area (Å²) in [4.78, 5) is 24.0. The molecule has 8 nitrogen and oxygen atoms in total. The van der Waals surface area contributed by atoms with E-state index >= 15 is 0 Å². The summed E-state index contributed by atoms with van der Waals surface area (Å²) in [7, 11) is 1.29. The van der Waals surface area contributed by atoms with Crippen molar-refractivity contribution in [1.82, 2.24) is 14.6 Å². The fraction of sp³-hybridized carbons (Fsp3) is 0.0769. The number of anilines is 2. The zero-order valence-corrected chi connectivity index (χ0v) is 12.3. The van der Waals surface area contributed by atoms with Crippen LogP contribution in [0.2, 0.25) is 0 Å². The molecule has 3 aromatic heterocycles. The first kappa shape index (κ1) is 14.0. The zero-order valence-electron chi connectivity index (χ0n) is 11.4. The van der Waals surface area contributed by atoms with Crippen LogP contribution in [0, 0.1) is 0 Å². The molecule has 3 heterocycles. The Bertz CT molecular complexity index is 841. The van der Waals surface area contributed by atoms with Crippen LogP contribution in [-0.4, -0.2) is 33.7 Å². The number of fused-ring (bicyclic) bond motifs is 1. The van der Waals surface area contributed by atoms with Crippen LogP contribution in [0.1, 0.15) is 9.67 Å². The van der Waals surface area contributed by atoms with Gasteiger partial charge in [-0.2, -0.15) is 0 Å². The lowest BCUT2D eigenvalue weighted by molar-refractivity contribution is 0.0607. The van der Waals surface area contributed by atoms with Crippen LogP contribution in [0.4, 0.5) is 16.2 Å². The van der Waals surface area contributed by atoms with E-state index in [2.05, 4.69) is 25.6 Å². The number of aromatic nitrogens is 3. The summed E-state index contributed by atoms with van der Waals surface area (Å²) < 4.78 is 6.34. The first-order chi connectivity index (χ1) is 10.7. The van der Waals surface area contributed by atoms with Crippen molar-refractivity contribution < 1.29 is 14.3 Å². The van der Waals surface area contributed by atoms with Crippen LogP contribution >= 0.6 is 11.3 Å². The van der Waals surface area contributed by atoms with Gasteiger partial charge in [-0.25, -0.2) is 9.59 Å². The summed E-state index contributed by atoms with van der Waals surface area (Å²) in [5, 5.41) is 14.7. The number of hydrogen-bond acceptors (Lipinski definition) is 6. The highest BCUT2D eigenvalue weighted by Crippen LogP contribution is 2.23. The third-order valence-corrected chi connectivity index (χ3v) is 3.75. The minimum atomic E-state index is -0.496. The van der Waals surface area contributed by atoms with E-state index in [1.165, 1.54) is 24.8 Å². The Labute approximate surface area is 128 Å². The lowest BCUT2D eigenvalue weighted by Gasteiger charge is -2.08. The molecular formula is C13H11N5O3S. The monoisotopic (exact) mass is 317 g/mol. The van der Waals surface area contributed by atoms with E-state index in [9.17, 15) is 9.59 Å². The minimum Gasteiger partial charge on any atom is -0.465 e. The number of methoxy groups -OCH3 is 1. The molecule has 0 aliphatic rings. The summed E-state index contributed by atoms with van der Waals surface area (Å²) in [6, 6.07) is 4.61. The van der Waals surface area contributed by atoms with Gasteiger partial charge in [0.2, 0.25) is 0 Å². The number of nitrogens with one attached hydrogen (secondary N) is 2. The van der Waals surface area contributed by atoms with Gasteiger partial charge in [-0.05, 0) is 23.6 Å². The van der Waals surface area contributed by atoms with E-state index in [4.69, 9.17) is 0 Å². The number of pyridine rings is 1. The van der Waals surface area contributed by atoms with E-state index in [-0.39, 0.29) is 0 Å². The van der Waals surface area contributed by atoms with Gasteiger partial charge in [0.15, 0.2) is 5.65 Å². The molecule has 0 radical (unpaired) electrons. The molecule has 22 heavy (non-hydrogen) atoms. The SMILES string of the molecule is COC(=O)c1sccc1NC(=O)Nc1cccn2cnnc12. The summed E-state index contributed by atoms with van der Waals surface area (Å²) in [5.41, 5.74) is 1.42. The largest absolute Gasteiger partial charge is 0.465 e. The molecule has 0 spiro atoms. The van der Waals surface area contributed by atoms with Crippen LogP contribution < -0.4 is 10.6 Å².